The van der Waals surface area contributed by atoms with E-state index in [1.807, 2.05) is 0 Å². The van der Waals surface area contributed by atoms with Gasteiger partial charge < -0.3 is 10.8 Å². The number of nitrogens with two attached hydrogens (primary N) is 1. The van der Waals surface area contributed by atoms with E-state index in [1.165, 1.54) is 30.3 Å². The molecule has 1 radical (unpaired) electrons. The maximum atomic E-state index is 12.3. The third-order valence-corrected chi connectivity index (χ3v) is 10.1. The Hall–Kier alpha value is -3.94. The molecule has 0 spiro atoms. The maximum absolute atomic E-state index is 12.3. The zero-order valence-electron chi connectivity index (χ0n) is 24.4. The van der Waals surface area contributed by atoms with Gasteiger partial charge in [0.05, 0.1) is 32.5 Å². The molecule has 251 valence electrons. The van der Waals surface area contributed by atoms with Crippen molar-refractivity contribution in [1.82, 2.24) is 0 Å². The number of azo groups is 2. The summed E-state index contributed by atoms with van der Waals surface area (Å²) in [7, 11) is -19.3. The van der Waals surface area contributed by atoms with Crippen LogP contribution in [0.1, 0.15) is 0 Å². The molecule has 0 aliphatic carbocycles. The first-order chi connectivity index (χ1) is 22.1. The Morgan fingerprint density at radius 1 is 0.510 bits per heavy atom. The minimum absolute atomic E-state index is 0. The number of phenols is 1. The van der Waals surface area contributed by atoms with Crippen LogP contribution >= 0.6 is 0 Å². The fourth-order valence-corrected chi connectivity index (χ4v) is 6.72. The molecular formula is C26H19N5NaO13S4. The molecule has 0 aliphatic heterocycles. The number of benzene rings is 5. The normalized spacial score (nSPS) is 13.0. The molecule has 0 atom stereocenters. The van der Waals surface area contributed by atoms with Crippen LogP contribution < -0.4 is 5.73 Å². The Balaban J connectivity index is 0.00000541. The second-order valence-electron chi connectivity index (χ2n) is 9.79. The van der Waals surface area contributed by atoms with Crippen LogP contribution in [0.2, 0.25) is 0 Å². The van der Waals surface area contributed by atoms with Gasteiger partial charge in [-0.05, 0) is 72.1 Å². The fourth-order valence-electron chi connectivity index (χ4n) is 4.44. The second-order valence-corrected chi connectivity index (χ2v) is 15.4. The minimum atomic E-state index is -5.17. The summed E-state index contributed by atoms with van der Waals surface area (Å²) in [5.41, 5.74) is 4.43. The van der Waals surface area contributed by atoms with Crippen LogP contribution in [0.25, 0.3) is 21.5 Å². The van der Waals surface area contributed by atoms with E-state index in [0.717, 1.165) is 42.5 Å². The van der Waals surface area contributed by atoms with Crippen LogP contribution in [0.4, 0.5) is 28.4 Å². The Labute approximate surface area is 299 Å². The molecule has 5 aromatic carbocycles. The third-order valence-electron chi connectivity index (χ3n) is 6.64. The van der Waals surface area contributed by atoms with Gasteiger partial charge >= 0.3 is 0 Å². The van der Waals surface area contributed by atoms with E-state index in [0.29, 0.717) is 0 Å². The minimum Gasteiger partial charge on any atom is -0.505 e. The number of nitrogens with zero attached hydrogens (tertiary/aromatic N) is 4. The Kier molecular flexibility index (Phi) is 10.4. The summed E-state index contributed by atoms with van der Waals surface area (Å²) in [6.07, 6.45) is 0. The van der Waals surface area contributed by atoms with Gasteiger partial charge in [0.15, 0.2) is 5.75 Å². The average molecular weight is 761 g/mol. The zero-order chi connectivity index (χ0) is 35.4. The molecule has 7 N–H and O–H groups in total. The predicted octanol–water partition coefficient (Wildman–Crippen LogP) is 4.72. The van der Waals surface area contributed by atoms with Crippen molar-refractivity contribution in [2.24, 2.45) is 20.5 Å². The van der Waals surface area contributed by atoms with Gasteiger partial charge in [0.2, 0.25) is 0 Å². The molecule has 0 saturated heterocycles. The smallest absolute Gasteiger partial charge is 0.296 e. The second kappa shape index (κ2) is 13.4. The van der Waals surface area contributed by atoms with Gasteiger partial charge in [-0.2, -0.15) is 38.8 Å². The summed E-state index contributed by atoms with van der Waals surface area (Å²) in [5, 5.41) is 26.3. The molecule has 5 rings (SSSR count). The fraction of sp³-hybridized carbons (Fsp3) is 0. The van der Waals surface area contributed by atoms with Crippen molar-refractivity contribution in [3.8, 4) is 5.75 Å². The van der Waals surface area contributed by atoms with Crippen molar-refractivity contribution < 1.29 is 57.0 Å². The number of hydrogen-bond donors (Lipinski definition) is 6. The van der Waals surface area contributed by atoms with E-state index in [2.05, 4.69) is 20.5 Å². The van der Waals surface area contributed by atoms with Crippen LogP contribution in [-0.4, -0.2) is 86.5 Å². The van der Waals surface area contributed by atoms with E-state index >= 15 is 0 Å². The summed E-state index contributed by atoms with van der Waals surface area (Å²) in [6.45, 7) is 0. The molecule has 0 bridgehead atoms. The van der Waals surface area contributed by atoms with Crippen LogP contribution in [0.15, 0.2) is 113 Å². The molecule has 0 aliphatic rings. The van der Waals surface area contributed by atoms with Gasteiger partial charge in [-0.15, -0.1) is 15.3 Å². The summed E-state index contributed by atoms with van der Waals surface area (Å²) >= 11 is 0. The number of rotatable bonds is 8. The van der Waals surface area contributed by atoms with Gasteiger partial charge in [-0.3, -0.25) is 18.2 Å². The summed E-state index contributed by atoms with van der Waals surface area (Å²) < 4.78 is 132. The number of aromatic hydroxyl groups is 1. The van der Waals surface area contributed by atoms with E-state index in [-0.39, 0.29) is 73.1 Å². The average Bonchev–Trinajstić information content (AvgIpc) is 2.97. The van der Waals surface area contributed by atoms with Gasteiger partial charge in [0, 0.05) is 45.7 Å². The molecule has 5 aromatic rings. The van der Waals surface area contributed by atoms with Crippen LogP contribution in [0.3, 0.4) is 0 Å². The van der Waals surface area contributed by atoms with Gasteiger partial charge in [-0.1, -0.05) is 6.07 Å². The van der Waals surface area contributed by atoms with Crippen molar-refractivity contribution >= 4 is 120 Å². The van der Waals surface area contributed by atoms with Crippen molar-refractivity contribution in [2.45, 2.75) is 19.6 Å². The third kappa shape index (κ3) is 8.11. The Morgan fingerprint density at radius 3 is 1.57 bits per heavy atom. The van der Waals surface area contributed by atoms with Crippen molar-refractivity contribution in [1.29, 1.82) is 0 Å². The molecule has 23 heteroatoms. The van der Waals surface area contributed by atoms with E-state index < -0.39 is 72.3 Å². The first-order valence-corrected chi connectivity index (χ1v) is 18.4. The summed E-state index contributed by atoms with van der Waals surface area (Å²) in [5.74, 6) is -0.925. The molecule has 49 heavy (non-hydrogen) atoms. The first-order valence-electron chi connectivity index (χ1n) is 12.6. The molecule has 0 saturated carbocycles. The Morgan fingerprint density at radius 2 is 1.02 bits per heavy atom. The first kappa shape index (κ1) is 37.9. The van der Waals surface area contributed by atoms with Gasteiger partial charge in [0.1, 0.15) is 15.5 Å². The molecule has 0 aromatic heterocycles. The van der Waals surface area contributed by atoms with Crippen molar-refractivity contribution in [3.63, 3.8) is 0 Å². The largest absolute Gasteiger partial charge is 0.505 e. The monoisotopic (exact) mass is 760 g/mol. The quantitative estimate of drug-likeness (QED) is 0.0540. The van der Waals surface area contributed by atoms with Crippen LogP contribution in [-0.2, 0) is 40.5 Å². The number of hydrogen-bond acceptors (Lipinski definition) is 14. The maximum Gasteiger partial charge on any atom is 0.296 e. The Bertz CT molecular complexity index is 2690. The van der Waals surface area contributed by atoms with E-state index in [4.69, 9.17) is 10.3 Å². The molecular weight excluding hydrogens is 742 g/mol. The molecule has 0 amide bonds. The predicted molar refractivity (Wildman–Crippen MR) is 174 cm³/mol. The van der Waals surface area contributed by atoms with Crippen LogP contribution in [0, 0.1) is 0 Å². The number of anilines is 1. The SMILES string of the molecule is Nc1cc2c(O)c(N=Nc3ccc(N=Nc4ccc(S(=O)(=O)O)cc4)c4ccc(S(=O)(=O)O)cc34)c(S(=O)(=O)O)cc2cc1S(=O)(=O)O.[Na]. The van der Waals surface area contributed by atoms with Crippen molar-refractivity contribution in [3.05, 3.63) is 72.8 Å². The van der Waals surface area contributed by atoms with Crippen molar-refractivity contribution in [2.75, 3.05) is 5.73 Å². The van der Waals surface area contributed by atoms with Crippen LogP contribution in [0.5, 0.6) is 5.75 Å². The van der Waals surface area contributed by atoms with Gasteiger partial charge in [0.25, 0.3) is 40.5 Å². The molecule has 0 heterocycles. The van der Waals surface area contributed by atoms with E-state index in [9.17, 15) is 52.4 Å². The number of phenolic OH excluding ortho intramolecular Hbond substituents is 1. The summed E-state index contributed by atoms with van der Waals surface area (Å²) in [6, 6.07) is 12.9. The number of nitrogen functional groups attached to an aromatic ring is 1. The zero-order valence-corrected chi connectivity index (χ0v) is 29.7. The molecule has 18 nitrogen and oxygen atoms in total. The molecule has 0 fully saturated rings. The topological polar surface area (TPSA) is 313 Å². The number of fused-ring (bicyclic) bond motifs is 2. The van der Waals surface area contributed by atoms with E-state index in [1.54, 1.807) is 0 Å². The molecule has 0 unspecified atom stereocenters. The standard InChI is InChI=1S/C26H19N5O13S4.Na/c27-20-12-18-13(9-23(20)47(39,40)41)10-24(48(42,43)44)25(26(18)32)31-30-22-8-7-21(17-6-5-16(11-19(17)22)46(36,37)38)29-28-14-1-3-15(4-2-14)45(33,34)35;/h1-12,32H,27H2,(H,33,34,35)(H,36,37,38)(H,39,40,41)(H,42,43,44);. The summed E-state index contributed by atoms with van der Waals surface area (Å²) in [4.78, 5) is -2.81. The van der Waals surface area contributed by atoms with Gasteiger partial charge in [-0.25, -0.2) is 0 Å².